The molecule has 1 aromatic carbocycles. The van der Waals surface area contributed by atoms with Gasteiger partial charge in [0.1, 0.15) is 28.9 Å². The molecule has 2 N–H and O–H groups in total. The molecule has 4 atom stereocenters. The molecule has 3 aliphatic heterocycles. The maximum absolute atomic E-state index is 14.4. The number of halogens is 3. The highest BCUT2D eigenvalue weighted by atomic mass is 19.2. The molecular formula is C24H25F3N4O5. The van der Waals surface area contributed by atoms with Gasteiger partial charge in [-0.1, -0.05) is 0 Å². The summed E-state index contributed by atoms with van der Waals surface area (Å²) < 4.78 is 48.9. The van der Waals surface area contributed by atoms with Gasteiger partial charge in [0.05, 0.1) is 12.6 Å². The summed E-state index contributed by atoms with van der Waals surface area (Å²) >= 11 is 0. The number of nitrogens with two attached hydrogens (primary N) is 1. The van der Waals surface area contributed by atoms with E-state index in [4.69, 9.17) is 15.3 Å². The zero-order chi connectivity index (χ0) is 25.9. The van der Waals surface area contributed by atoms with Gasteiger partial charge in [0.25, 0.3) is 11.8 Å². The number of hydroxylamine groups is 2. The molecule has 2 saturated heterocycles. The molecular weight excluding hydrogens is 481 g/mol. The van der Waals surface area contributed by atoms with E-state index in [1.165, 1.54) is 18.4 Å². The van der Waals surface area contributed by atoms with Crippen LogP contribution in [0.1, 0.15) is 58.6 Å². The largest absolute Gasteiger partial charge is 0.365 e. The Kier molecular flexibility index (Phi) is 5.92. The van der Waals surface area contributed by atoms with Crippen molar-refractivity contribution in [1.29, 1.82) is 0 Å². The van der Waals surface area contributed by atoms with E-state index in [1.54, 1.807) is 9.47 Å². The first kappa shape index (κ1) is 24.5. The first-order chi connectivity index (χ1) is 17.0. The van der Waals surface area contributed by atoms with Crippen LogP contribution in [0, 0.1) is 17.5 Å². The maximum atomic E-state index is 14.4. The van der Waals surface area contributed by atoms with Crippen LogP contribution in [0.15, 0.2) is 29.2 Å². The van der Waals surface area contributed by atoms with E-state index in [1.807, 2.05) is 6.92 Å². The zero-order valence-corrected chi connectivity index (χ0v) is 19.7. The van der Waals surface area contributed by atoms with Crippen molar-refractivity contribution in [3.8, 4) is 0 Å². The average molecular weight is 506 g/mol. The molecule has 12 heteroatoms. The molecule has 0 radical (unpaired) electrons. The van der Waals surface area contributed by atoms with Crippen LogP contribution in [0.3, 0.4) is 0 Å². The fourth-order valence-corrected chi connectivity index (χ4v) is 5.50. The Hall–Kier alpha value is -3.22. The number of hydrogen-bond acceptors (Lipinski definition) is 6. The number of rotatable bonds is 4. The zero-order valence-electron chi connectivity index (χ0n) is 19.7. The summed E-state index contributed by atoms with van der Waals surface area (Å²) in [4.78, 5) is 45.7. The van der Waals surface area contributed by atoms with Crippen LogP contribution >= 0.6 is 0 Å². The molecule has 9 nitrogen and oxygen atoms in total. The lowest BCUT2D eigenvalue weighted by atomic mass is 9.85. The second-order valence-corrected chi connectivity index (χ2v) is 9.55. The number of methoxy groups -OCH3 is 1. The van der Waals surface area contributed by atoms with Crippen LogP contribution < -0.4 is 11.2 Å². The van der Waals surface area contributed by atoms with E-state index in [2.05, 4.69) is 0 Å². The summed E-state index contributed by atoms with van der Waals surface area (Å²) in [5.41, 5.74) is 3.51. The third kappa shape index (κ3) is 3.80. The molecule has 4 unspecified atom stereocenters. The van der Waals surface area contributed by atoms with Crippen molar-refractivity contribution in [2.75, 3.05) is 13.7 Å². The highest BCUT2D eigenvalue weighted by molar-refractivity contribution is 5.96. The van der Waals surface area contributed by atoms with E-state index >= 15 is 0 Å². The van der Waals surface area contributed by atoms with Crippen LogP contribution in [0.4, 0.5) is 13.2 Å². The van der Waals surface area contributed by atoms with Crippen LogP contribution in [0.5, 0.6) is 0 Å². The van der Waals surface area contributed by atoms with Crippen molar-refractivity contribution < 1.29 is 32.3 Å². The quantitative estimate of drug-likeness (QED) is 0.637. The predicted octanol–water partition coefficient (Wildman–Crippen LogP) is 2.09. The number of carbonyl (C=O) groups excluding carboxylic acids is 2. The number of nitrogens with zero attached hydrogens (tertiary/aromatic N) is 3. The van der Waals surface area contributed by atoms with Gasteiger partial charge < -0.3 is 19.9 Å². The van der Waals surface area contributed by atoms with Crippen molar-refractivity contribution in [3.05, 3.63) is 68.9 Å². The molecule has 2 aromatic rings. The van der Waals surface area contributed by atoms with Crippen LogP contribution in [-0.4, -0.2) is 57.9 Å². The minimum atomic E-state index is -1.29. The molecule has 2 fully saturated rings. The van der Waals surface area contributed by atoms with Gasteiger partial charge in [0.2, 0.25) is 0 Å². The summed E-state index contributed by atoms with van der Waals surface area (Å²) in [6, 6.07) is 1.67. The monoisotopic (exact) mass is 506 g/mol. The van der Waals surface area contributed by atoms with E-state index < -0.39 is 46.7 Å². The van der Waals surface area contributed by atoms with Crippen molar-refractivity contribution in [3.63, 3.8) is 0 Å². The molecule has 2 amide bonds. The summed E-state index contributed by atoms with van der Waals surface area (Å²) in [6.45, 7) is 1.91. The lowest BCUT2D eigenvalue weighted by Crippen LogP contribution is -2.52. The minimum absolute atomic E-state index is 0.108. The molecule has 4 heterocycles. The second-order valence-electron chi connectivity index (χ2n) is 9.55. The number of fused-ring (bicyclic) bond motifs is 5. The Balaban J connectivity index is 1.58. The molecule has 0 aliphatic carbocycles. The number of primary amides is 1. The minimum Gasteiger partial charge on any atom is -0.365 e. The smallest absolute Gasteiger partial charge is 0.270 e. The van der Waals surface area contributed by atoms with Crippen molar-refractivity contribution in [2.45, 2.75) is 56.6 Å². The summed E-state index contributed by atoms with van der Waals surface area (Å²) in [7, 11) is 1.45. The molecule has 3 aliphatic rings. The normalized spacial score (nSPS) is 27.9. The van der Waals surface area contributed by atoms with Gasteiger partial charge in [-0.3, -0.25) is 19.2 Å². The van der Waals surface area contributed by atoms with Gasteiger partial charge in [0.15, 0.2) is 17.1 Å². The van der Waals surface area contributed by atoms with Gasteiger partial charge >= 0.3 is 0 Å². The fourth-order valence-electron chi connectivity index (χ4n) is 5.50. The molecule has 5 rings (SSSR count). The highest BCUT2D eigenvalue weighted by Crippen LogP contribution is 2.48. The van der Waals surface area contributed by atoms with Crippen LogP contribution in [0.25, 0.3) is 0 Å². The fraction of sp³-hybridized carbons (Fsp3) is 0.458. The average Bonchev–Trinajstić information content (AvgIpc) is 3.13. The Morgan fingerprint density at radius 3 is 2.61 bits per heavy atom. The van der Waals surface area contributed by atoms with E-state index in [0.717, 1.165) is 12.1 Å². The Morgan fingerprint density at radius 1 is 1.19 bits per heavy atom. The standard InChI is InChI=1S/C24H25F3N4O5/c1-12-3-4-24(8-21(35-2)31(36-24)9-13-5-16(26)17(27)6-15(13)25)20-11-29(12)23(34)18-7-19(32)14(22(28)33)10-30(18)20/h5-7,10,12,20-21H,3-4,8-9,11H2,1-2H3,(H2,28,33). The lowest BCUT2D eigenvalue weighted by Gasteiger charge is -2.42. The number of amides is 2. The number of aromatic nitrogens is 1. The van der Waals surface area contributed by atoms with E-state index in [-0.39, 0.29) is 41.9 Å². The molecule has 2 bridgehead atoms. The number of carbonyl (C=O) groups is 2. The second kappa shape index (κ2) is 8.71. The Bertz CT molecular complexity index is 1320. The van der Waals surface area contributed by atoms with Gasteiger partial charge in [-0.2, -0.15) is 5.06 Å². The first-order valence-corrected chi connectivity index (χ1v) is 11.5. The number of hydrogen-bond donors (Lipinski definition) is 1. The van der Waals surface area contributed by atoms with Gasteiger partial charge in [-0.25, -0.2) is 13.2 Å². The molecule has 0 saturated carbocycles. The summed E-state index contributed by atoms with van der Waals surface area (Å²) in [5.74, 6) is -4.66. The highest BCUT2D eigenvalue weighted by Gasteiger charge is 2.56. The van der Waals surface area contributed by atoms with Crippen molar-refractivity contribution >= 4 is 11.8 Å². The number of pyridine rings is 1. The number of benzene rings is 1. The van der Waals surface area contributed by atoms with Gasteiger partial charge in [0, 0.05) is 50.0 Å². The van der Waals surface area contributed by atoms with Gasteiger partial charge in [-0.05, 0) is 25.8 Å². The molecule has 1 aromatic heterocycles. The van der Waals surface area contributed by atoms with Crippen LogP contribution in [-0.2, 0) is 16.1 Å². The number of ether oxygens (including phenoxy) is 1. The van der Waals surface area contributed by atoms with Crippen molar-refractivity contribution in [1.82, 2.24) is 14.5 Å². The van der Waals surface area contributed by atoms with Gasteiger partial charge in [-0.15, -0.1) is 0 Å². The maximum Gasteiger partial charge on any atom is 0.270 e. The summed E-state index contributed by atoms with van der Waals surface area (Å²) in [6.07, 6.45) is 1.95. The Morgan fingerprint density at radius 2 is 1.92 bits per heavy atom. The predicted molar refractivity (Wildman–Crippen MR) is 119 cm³/mol. The topological polar surface area (TPSA) is 107 Å². The third-order valence-electron chi connectivity index (χ3n) is 7.48. The first-order valence-electron chi connectivity index (χ1n) is 11.5. The SMILES string of the molecule is COC1CC2(CCC(C)N3CC2n2cc(C(N)=O)c(=O)cc2C3=O)ON1Cc1cc(F)c(F)cc1F. The molecule has 192 valence electrons. The van der Waals surface area contributed by atoms with Crippen LogP contribution in [0.2, 0.25) is 0 Å². The van der Waals surface area contributed by atoms with E-state index in [9.17, 15) is 27.6 Å². The lowest BCUT2D eigenvalue weighted by molar-refractivity contribution is -0.252. The Labute approximate surface area is 204 Å². The van der Waals surface area contributed by atoms with E-state index in [0.29, 0.717) is 25.3 Å². The summed E-state index contributed by atoms with van der Waals surface area (Å²) in [5, 5.41) is 1.38. The molecule has 36 heavy (non-hydrogen) atoms. The third-order valence-corrected chi connectivity index (χ3v) is 7.48. The van der Waals surface area contributed by atoms with Crippen molar-refractivity contribution in [2.24, 2.45) is 5.73 Å². The molecule has 1 spiro atoms.